The molecule has 1 atom stereocenters. The van der Waals surface area contributed by atoms with Crippen LogP contribution < -0.4 is 10.1 Å². The van der Waals surface area contributed by atoms with Crippen molar-refractivity contribution in [2.45, 2.75) is 6.04 Å². The van der Waals surface area contributed by atoms with Crippen molar-refractivity contribution >= 4 is 11.3 Å². The Kier molecular flexibility index (Phi) is 4.94. The number of nitrogens with one attached hydrogen (secondary N) is 1. The summed E-state index contributed by atoms with van der Waals surface area (Å²) in [4.78, 5) is 2.11. The third kappa shape index (κ3) is 3.54. The van der Waals surface area contributed by atoms with Gasteiger partial charge in [0.15, 0.2) is 0 Å². The number of ether oxygens (including phenoxy) is 1. The molecule has 0 saturated carbocycles. The highest BCUT2D eigenvalue weighted by molar-refractivity contribution is 5.73. The summed E-state index contributed by atoms with van der Waals surface area (Å²) in [6, 6.07) is 13.7. The molecule has 8 heteroatoms. The lowest BCUT2D eigenvalue weighted by Gasteiger charge is -2.23. The van der Waals surface area contributed by atoms with Gasteiger partial charge in [0.1, 0.15) is 17.8 Å². The van der Waals surface area contributed by atoms with Crippen molar-refractivity contribution in [2.75, 3.05) is 33.1 Å². The Morgan fingerprint density at radius 1 is 1.21 bits per heavy atom. The lowest BCUT2D eigenvalue weighted by molar-refractivity contribution is 0.269. The molecule has 0 radical (unpaired) electrons. The summed E-state index contributed by atoms with van der Waals surface area (Å²) in [5.74, 6) is 1.71. The Hall–Kier alpha value is -3.39. The summed E-state index contributed by atoms with van der Waals surface area (Å²) in [5.41, 5.74) is 3.33. The van der Waals surface area contributed by atoms with E-state index in [0.29, 0.717) is 12.2 Å². The Balaban J connectivity index is 1.65. The topological polar surface area (TPSA) is 80.7 Å². The molecule has 1 unspecified atom stereocenters. The number of nitrogens with zero attached hydrogens (tertiary/aromatic N) is 5. The summed E-state index contributed by atoms with van der Waals surface area (Å²) < 4.78 is 12.5. The molecule has 3 heterocycles. The molecule has 1 aromatic carbocycles. The van der Waals surface area contributed by atoms with Crippen LogP contribution in [-0.2, 0) is 0 Å². The Bertz CT molecular complexity index is 1040. The number of fused-ring (bicyclic) bond motifs is 1. The molecule has 0 aliphatic rings. The monoisotopic (exact) mass is 378 g/mol. The van der Waals surface area contributed by atoms with Gasteiger partial charge in [0, 0.05) is 12.1 Å². The zero-order valence-electron chi connectivity index (χ0n) is 16.0. The van der Waals surface area contributed by atoms with Gasteiger partial charge in [-0.25, -0.2) is 0 Å². The van der Waals surface area contributed by atoms with Crippen LogP contribution in [0.25, 0.3) is 16.9 Å². The number of anilines is 1. The average Bonchev–Trinajstić information content (AvgIpc) is 3.40. The highest BCUT2D eigenvalue weighted by atomic mass is 16.5. The molecule has 0 fully saturated rings. The van der Waals surface area contributed by atoms with Crippen LogP contribution in [0.5, 0.6) is 5.75 Å². The first-order valence-corrected chi connectivity index (χ1v) is 8.95. The molecular weight excluding hydrogens is 356 g/mol. The highest BCUT2D eigenvalue weighted by Crippen LogP contribution is 2.26. The Morgan fingerprint density at radius 2 is 2.04 bits per heavy atom. The lowest BCUT2D eigenvalue weighted by atomic mass is 10.1. The van der Waals surface area contributed by atoms with Gasteiger partial charge in [0.2, 0.25) is 5.65 Å². The fourth-order valence-corrected chi connectivity index (χ4v) is 3.08. The fourth-order valence-electron chi connectivity index (χ4n) is 3.08. The van der Waals surface area contributed by atoms with E-state index < -0.39 is 0 Å². The van der Waals surface area contributed by atoms with Crippen molar-refractivity contribution in [1.29, 1.82) is 0 Å². The third-order valence-corrected chi connectivity index (χ3v) is 4.63. The van der Waals surface area contributed by atoms with E-state index in [0.717, 1.165) is 28.5 Å². The number of aromatic nitrogens is 4. The quantitative estimate of drug-likeness (QED) is 0.529. The largest absolute Gasteiger partial charge is 0.497 e. The normalized spacial score (nSPS) is 12.4. The summed E-state index contributed by atoms with van der Waals surface area (Å²) in [7, 11) is 5.70. The van der Waals surface area contributed by atoms with Gasteiger partial charge in [-0.05, 0) is 56.6 Å². The van der Waals surface area contributed by atoms with Gasteiger partial charge >= 0.3 is 0 Å². The second-order valence-electron chi connectivity index (χ2n) is 6.65. The van der Waals surface area contributed by atoms with Gasteiger partial charge in [-0.2, -0.15) is 9.61 Å². The molecule has 28 heavy (non-hydrogen) atoms. The first kappa shape index (κ1) is 18.0. The van der Waals surface area contributed by atoms with E-state index in [1.54, 1.807) is 24.2 Å². The van der Waals surface area contributed by atoms with E-state index in [2.05, 4.69) is 25.5 Å². The number of benzene rings is 1. The van der Waals surface area contributed by atoms with Gasteiger partial charge in [0.05, 0.1) is 30.8 Å². The summed E-state index contributed by atoms with van der Waals surface area (Å²) in [6.07, 6.45) is 3.29. The van der Waals surface area contributed by atoms with E-state index in [1.807, 2.05) is 56.6 Å². The van der Waals surface area contributed by atoms with Gasteiger partial charge in [-0.1, -0.05) is 0 Å². The van der Waals surface area contributed by atoms with Crippen LogP contribution in [0.1, 0.15) is 11.8 Å². The number of likely N-dealkylation sites (N-methyl/N-ethyl adjacent to an activating group) is 1. The zero-order valence-corrected chi connectivity index (χ0v) is 16.0. The van der Waals surface area contributed by atoms with Crippen molar-refractivity contribution in [3.63, 3.8) is 0 Å². The van der Waals surface area contributed by atoms with Crippen LogP contribution in [0.15, 0.2) is 59.5 Å². The summed E-state index contributed by atoms with van der Waals surface area (Å²) >= 11 is 0. The van der Waals surface area contributed by atoms with Gasteiger partial charge in [-0.3, -0.25) is 4.90 Å². The van der Waals surface area contributed by atoms with Crippen molar-refractivity contribution in [3.8, 4) is 17.0 Å². The number of hydrogen-bond donors (Lipinski definition) is 1. The van der Waals surface area contributed by atoms with Crippen molar-refractivity contribution in [2.24, 2.45) is 0 Å². The van der Waals surface area contributed by atoms with Crippen LogP contribution in [0, 0.1) is 0 Å². The number of rotatable bonds is 7. The van der Waals surface area contributed by atoms with E-state index >= 15 is 0 Å². The highest BCUT2D eigenvalue weighted by Gasteiger charge is 2.18. The van der Waals surface area contributed by atoms with Crippen molar-refractivity contribution < 1.29 is 9.15 Å². The molecule has 8 nitrogen and oxygen atoms in total. The summed E-state index contributed by atoms with van der Waals surface area (Å²) in [5, 5.41) is 16.3. The van der Waals surface area contributed by atoms with Gasteiger partial charge in [0.25, 0.3) is 0 Å². The van der Waals surface area contributed by atoms with Crippen LogP contribution >= 0.6 is 0 Å². The predicted molar refractivity (Wildman–Crippen MR) is 106 cm³/mol. The molecule has 144 valence electrons. The first-order chi connectivity index (χ1) is 13.7. The Labute approximate surface area is 162 Å². The van der Waals surface area contributed by atoms with Gasteiger partial charge in [-0.15, -0.1) is 10.2 Å². The van der Waals surface area contributed by atoms with E-state index in [4.69, 9.17) is 9.15 Å². The molecule has 1 N–H and O–H groups in total. The number of methoxy groups -OCH3 is 1. The molecule has 0 amide bonds. The van der Waals surface area contributed by atoms with Gasteiger partial charge < -0.3 is 14.5 Å². The van der Waals surface area contributed by atoms with Crippen LogP contribution in [0.4, 0.5) is 5.69 Å². The minimum atomic E-state index is 0.0792. The van der Waals surface area contributed by atoms with E-state index in [1.165, 1.54) is 0 Å². The SMILES string of the molecule is COc1ccc(-c2cc(NCC(c3ccco3)N(C)C)c3nncn3n2)cc1. The second kappa shape index (κ2) is 7.69. The van der Waals surface area contributed by atoms with Crippen molar-refractivity contribution in [3.05, 3.63) is 60.8 Å². The molecule has 0 aliphatic carbocycles. The average molecular weight is 378 g/mol. The molecule has 0 bridgehead atoms. The minimum absolute atomic E-state index is 0.0792. The molecule has 0 spiro atoms. The van der Waals surface area contributed by atoms with Crippen LogP contribution in [-0.4, -0.2) is 52.5 Å². The van der Waals surface area contributed by atoms with E-state index in [-0.39, 0.29) is 6.04 Å². The lowest BCUT2D eigenvalue weighted by Crippen LogP contribution is -2.26. The molecule has 4 aromatic rings. The fraction of sp³-hybridized carbons (Fsp3) is 0.250. The first-order valence-electron chi connectivity index (χ1n) is 8.95. The smallest absolute Gasteiger partial charge is 0.200 e. The predicted octanol–water partition coefficient (Wildman–Crippen LogP) is 3.11. The maximum Gasteiger partial charge on any atom is 0.200 e. The van der Waals surface area contributed by atoms with Crippen LogP contribution in [0.2, 0.25) is 0 Å². The minimum Gasteiger partial charge on any atom is -0.497 e. The third-order valence-electron chi connectivity index (χ3n) is 4.63. The molecule has 0 saturated heterocycles. The maximum atomic E-state index is 5.59. The standard InChI is InChI=1S/C20H22N6O2/c1-25(2)18(19-5-4-10-28-19)12-21-17-11-16(24-26-13-22-23-20(17)26)14-6-8-15(27-3)9-7-14/h4-11,13,18,21H,12H2,1-3H3. The number of furan rings is 1. The molecule has 0 aliphatic heterocycles. The second-order valence-corrected chi connectivity index (χ2v) is 6.65. The number of hydrogen-bond acceptors (Lipinski definition) is 7. The molecule has 3 aromatic heterocycles. The van der Waals surface area contributed by atoms with E-state index in [9.17, 15) is 0 Å². The Morgan fingerprint density at radius 3 is 2.71 bits per heavy atom. The summed E-state index contributed by atoms with van der Waals surface area (Å²) in [6.45, 7) is 0.648. The molecular formula is C20H22N6O2. The van der Waals surface area contributed by atoms with Crippen LogP contribution in [0.3, 0.4) is 0 Å². The molecule has 4 rings (SSSR count). The van der Waals surface area contributed by atoms with Crippen molar-refractivity contribution in [1.82, 2.24) is 24.7 Å². The zero-order chi connectivity index (χ0) is 19.5. The maximum absolute atomic E-state index is 5.59.